The lowest BCUT2D eigenvalue weighted by Crippen LogP contribution is -2.54. The molecule has 1 fully saturated rings. The Hall–Kier alpha value is -0.170. The molecule has 15 heavy (non-hydrogen) atoms. The number of aliphatic imine (C=N–C) groups is 1. The van der Waals surface area contributed by atoms with Crippen molar-refractivity contribution in [1.29, 1.82) is 5.41 Å². The lowest BCUT2D eigenvalue weighted by molar-refractivity contribution is -0.118. The summed E-state index contributed by atoms with van der Waals surface area (Å²) in [7, 11) is 0. The monoisotopic (exact) mass is 316 g/mol. The van der Waals surface area contributed by atoms with Crippen LogP contribution >= 0.6 is 40.7 Å². The molecule has 0 aromatic heterocycles. The Bertz CT molecular complexity index is 305. The molecule has 8 heteroatoms. The Morgan fingerprint density at radius 2 is 2.00 bits per heavy atom. The highest BCUT2D eigenvalue weighted by Crippen LogP contribution is 2.17. The molecule has 86 valence electrons. The normalized spacial score (nSPS) is 25.4. The summed E-state index contributed by atoms with van der Waals surface area (Å²) in [4.78, 5) is 14.9. The molecule has 2 heterocycles. The molecule has 2 aliphatic heterocycles. The van der Waals surface area contributed by atoms with Gasteiger partial charge in [-0.15, -0.1) is 24.8 Å². The van der Waals surface area contributed by atoms with Crippen molar-refractivity contribution in [3.05, 3.63) is 0 Å². The maximum atomic E-state index is 11.3. The van der Waals surface area contributed by atoms with E-state index in [-0.39, 0.29) is 41.5 Å². The molecular formula is C7H11BrCl2N4O. The molecule has 1 unspecified atom stereocenters. The molecule has 2 rings (SSSR count). The lowest BCUT2D eigenvalue weighted by Gasteiger charge is -2.32. The second-order valence-electron chi connectivity index (χ2n) is 3.09. The summed E-state index contributed by atoms with van der Waals surface area (Å²) in [6, 6.07) is 0. The predicted octanol–water partition coefficient (Wildman–Crippen LogP) is 0.318. The fourth-order valence-electron chi connectivity index (χ4n) is 1.32. The van der Waals surface area contributed by atoms with Gasteiger partial charge in [0.25, 0.3) is 0 Å². The summed E-state index contributed by atoms with van der Waals surface area (Å²) < 4.78 is 0. The Balaban J connectivity index is 0.000000980. The fraction of sp³-hybridized carbons (Fsp3) is 0.571. The van der Waals surface area contributed by atoms with Crippen molar-refractivity contribution in [3.63, 3.8) is 0 Å². The van der Waals surface area contributed by atoms with Crippen LogP contribution in [-0.2, 0) is 4.79 Å². The van der Waals surface area contributed by atoms with Gasteiger partial charge in [0.15, 0.2) is 0 Å². The van der Waals surface area contributed by atoms with Crippen LogP contribution < -0.4 is 10.6 Å². The number of nitrogens with one attached hydrogen (secondary N) is 3. The van der Waals surface area contributed by atoms with E-state index in [1.807, 2.05) is 0 Å². The first-order valence-electron chi connectivity index (χ1n) is 4.01. The highest BCUT2D eigenvalue weighted by Gasteiger charge is 2.34. The van der Waals surface area contributed by atoms with Crippen molar-refractivity contribution in [1.82, 2.24) is 10.6 Å². The maximum Gasteiger partial charge on any atom is 0.246 e. The summed E-state index contributed by atoms with van der Waals surface area (Å²) in [5.41, 5.74) is 0.771. The van der Waals surface area contributed by atoms with Crippen LogP contribution in [0.1, 0.15) is 0 Å². The Morgan fingerprint density at radius 1 is 1.40 bits per heavy atom. The predicted molar refractivity (Wildman–Crippen MR) is 66.9 cm³/mol. The van der Waals surface area contributed by atoms with Crippen LogP contribution in [0.3, 0.4) is 0 Å². The van der Waals surface area contributed by atoms with Gasteiger partial charge in [-0.05, 0) is 0 Å². The minimum atomic E-state index is -0.367. The van der Waals surface area contributed by atoms with Crippen LogP contribution in [0.5, 0.6) is 0 Å². The number of carbonyl (C=O) groups excluding carboxylic acids is 1. The molecule has 0 aromatic carbocycles. The number of rotatable bonds is 1. The van der Waals surface area contributed by atoms with E-state index in [1.165, 1.54) is 0 Å². The number of nitrogens with zero attached hydrogens (tertiary/aromatic N) is 1. The fourth-order valence-corrected chi connectivity index (χ4v) is 1.91. The minimum Gasteiger partial charge on any atom is -0.315 e. The molecule has 3 N–H and O–H groups in total. The van der Waals surface area contributed by atoms with E-state index < -0.39 is 0 Å². The number of hydrogen-bond acceptors (Lipinski definition) is 3. The molecule has 0 saturated carbocycles. The van der Waals surface area contributed by atoms with Gasteiger partial charge in [0.1, 0.15) is 4.83 Å². The zero-order valence-electron chi connectivity index (χ0n) is 7.62. The number of halogens is 3. The van der Waals surface area contributed by atoms with Crippen molar-refractivity contribution in [2.24, 2.45) is 10.9 Å². The maximum absolute atomic E-state index is 11.3. The average Bonchev–Trinajstić information content (AvgIpc) is 1.95. The van der Waals surface area contributed by atoms with Gasteiger partial charge in [-0.2, -0.15) is 0 Å². The third-order valence-electron chi connectivity index (χ3n) is 2.17. The smallest absolute Gasteiger partial charge is 0.246 e. The molecule has 1 amide bonds. The summed E-state index contributed by atoms with van der Waals surface area (Å²) >= 11 is 3.26. The molecule has 0 aromatic rings. The van der Waals surface area contributed by atoms with Crippen molar-refractivity contribution >= 4 is 58.3 Å². The SMILES string of the molecule is Cl.Cl.N=C1N=C(C2CNC2)C(Br)C(=O)N1. The highest BCUT2D eigenvalue weighted by molar-refractivity contribution is 9.10. The first kappa shape index (κ1) is 14.8. The van der Waals surface area contributed by atoms with E-state index in [1.54, 1.807) is 0 Å². The Morgan fingerprint density at radius 3 is 2.47 bits per heavy atom. The van der Waals surface area contributed by atoms with E-state index in [2.05, 4.69) is 31.6 Å². The minimum absolute atomic E-state index is 0. The van der Waals surface area contributed by atoms with Gasteiger partial charge in [0.05, 0.1) is 5.71 Å². The van der Waals surface area contributed by atoms with Gasteiger partial charge in [-0.1, -0.05) is 15.9 Å². The zero-order chi connectivity index (χ0) is 9.42. The third kappa shape index (κ3) is 2.90. The molecule has 0 radical (unpaired) electrons. The second kappa shape index (κ2) is 5.79. The Labute approximate surface area is 108 Å². The van der Waals surface area contributed by atoms with E-state index in [4.69, 9.17) is 5.41 Å². The standard InChI is InChI=1S/C7H9BrN4O.2ClH/c8-4-5(3-1-10-2-3)11-7(9)12-6(4)13;;/h3-4,10H,1-2H2,(H2,9,12,13);2*1H. The quantitative estimate of drug-likeness (QED) is 0.609. The topological polar surface area (TPSA) is 77.3 Å². The molecule has 1 atom stereocenters. The zero-order valence-corrected chi connectivity index (χ0v) is 10.8. The number of carbonyl (C=O) groups is 1. The summed E-state index contributed by atoms with van der Waals surface area (Å²) in [6.45, 7) is 1.70. The van der Waals surface area contributed by atoms with Crippen LogP contribution in [0.4, 0.5) is 0 Å². The molecule has 2 aliphatic rings. The third-order valence-corrected chi connectivity index (χ3v) is 3.06. The van der Waals surface area contributed by atoms with E-state index in [0.717, 1.165) is 18.8 Å². The average molecular weight is 318 g/mol. The largest absolute Gasteiger partial charge is 0.315 e. The molecule has 0 aliphatic carbocycles. The van der Waals surface area contributed by atoms with Gasteiger partial charge in [-0.3, -0.25) is 15.5 Å². The van der Waals surface area contributed by atoms with E-state index in [0.29, 0.717) is 5.92 Å². The van der Waals surface area contributed by atoms with Gasteiger partial charge in [0, 0.05) is 19.0 Å². The van der Waals surface area contributed by atoms with Gasteiger partial charge < -0.3 is 5.32 Å². The summed E-state index contributed by atoms with van der Waals surface area (Å²) in [5.74, 6) is 0.0558. The van der Waals surface area contributed by atoms with E-state index >= 15 is 0 Å². The van der Waals surface area contributed by atoms with Crippen LogP contribution in [0.15, 0.2) is 4.99 Å². The van der Waals surface area contributed by atoms with Gasteiger partial charge in [0.2, 0.25) is 11.9 Å². The summed E-state index contributed by atoms with van der Waals surface area (Å²) in [6.07, 6.45) is 0. The van der Waals surface area contributed by atoms with Crippen molar-refractivity contribution < 1.29 is 4.79 Å². The Kier molecular flexibility index (Phi) is 5.72. The first-order chi connectivity index (χ1) is 6.18. The molecule has 0 spiro atoms. The van der Waals surface area contributed by atoms with Crippen LogP contribution in [0.2, 0.25) is 0 Å². The number of amides is 1. The number of alkyl halides is 1. The first-order valence-corrected chi connectivity index (χ1v) is 4.92. The van der Waals surface area contributed by atoms with Crippen molar-refractivity contribution in [3.8, 4) is 0 Å². The second-order valence-corrected chi connectivity index (χ2v) is 4.01. The van der Waals surface area contributed by atoms with Crippen LogP contribution in [0, 0.1) is 11.3 Å². The van der Waals surface area contributed by atoms with Crippen LogP contribution in [-0.4, -0.2) is 35.5 Å². The number of hydrogen-bond donors (Lipinski definition) is 3. The van der Waals surface area contributed by atoms with Crippen LogP contribution in [0.25, 0.3) is 0 Å². The summed E-state index contributed by atoms with van der Waals surface area (Å²) in [5, 5.41) is 12.7. The highest BCUT2D eigenvalue weighted by atomic mass is 79.9. The lowest BCUT2D eigenvalue weighted by atomic mass is 9.94. The molecular weight excluding hydrogens is 307 g/mol. The van der Waals surface area contributed by atoms with Gasteiger partial charge >= 0.3 is 0 Å². The van der Waals surface area contributed by atoms with E-state index in [9.17, 15) is 4.79 Å². The molecule has 1 saturated heterocycles. The van der Waals surface area contributed by atoms with Crippen molar-refractivity contribution in [2.45, 2.75) is 4.83 Å². The molecule has 5 nitrogen and oxygen atoms in total. The number of guanidine groups is 1. The molecule has 0 bridgehead atoms. The van der Waals surface area contributed by atoms with Gasteiger partial charge in [-0.25, -0.2) is 4.99 Å². The van der Waals surface area contributed by atoms with Crippen molar-refractivity contribution in [2.75, 3.05) is 13.1 Å².